The summed E-state index contributed by atoms with van der Waals surface area (Å²) in [6.45, 7) is 3.92. The number of carbonyl (C=O) groups is 1. The molecule has 0 bridgehead atoms. The van der Waals surface area contributed by atoms with Gasteiger partial charge in [0.2, 0.25) is 0 Å². The smallest absolute Gasteiger partial charge is 0.251 e. The summed E-state index contributed by atoms with van der Waals surface area (Å²) in [5.74, 6) is 0.294. The van der Waals surface area contributed by atoms with Gasteiger partial charge in [0.25, 0.3) is 5.91 Å². The molecule has 1 unspecified atom stereocenters. The Bertz CT molecular complexity index is 323. The molecule has 0 radical (unpaired) electrons. The quantitative estimate of drug-likeness (QED) is 0.800. The van der Waals surface area contributed by atoms with Crippen LogP contribution in [0.3, 0.4) is 0 Å². The summed E-state index contributed by atoms with van der Waals surface area (Å²) in [5, 5.41) is 2.91. The first-order valence-corrected chi connectivity index (χ1v) is 5.43. The first kappa shape index (κ1) is 12.0. The van der Waals surface area contributed by atoms with Crippen molar-refractivity contribution in [3.63, 3.8) is 0 Å². The second-order valence-electron chi connectivity index (χ2n) is 3.74. The number of alkyl halides is 1. The number of pyridine rings is 1. The molecule has 0 aromatic carbocycles. The van der Waals surface area contributed by atoms with Gasteiger partial charge >= 0.3 is 0 Å². The first-order chi connectivity index (χ1) is 7.11. The minimum atomic E-state index is -0.345. The number of aromatic nitrogens is 1. The van der Waals surface area contributed by atoms with Gasteiger partial charge in [0.15, 0.2) is 0 Å². The van der Waals surface area contributed by atoms with Crippen molar-refractivity contribution in [3.8, 4) is 0 Å². The van der Waals surface area contributed by atoms with E-state index in [0.717, 1.165) is 6.42 Å². The highest BCUT2D eigenvalue weighted by molar-refractivity contribution is 6.18. The van der Waals surface area contributed by atoms with Gasteiger partial charge in [-0.2, -0.15) is 0 Å². The SMILES string of the molecule is CCC(C)(CCl)NC(=O)c1ccncc1. The number of nitrogens with one attached hydrogen (secondary N) is 1. The lowest BCUT2D eigenvalue weighted by Gasteiger charge is -2.26. The van der Waals surface area contributed by atoms with E-state index in [0.29, 0.717) is 11.4 Å². The second-order valence-corrected chi connectivity index (χ2v) is 4.01. The molecule has 1 atom stereocenters. The van der Waals surface area contributed by atoms with Gasteiger partial charge in [-0.1, -0.05) is 6.92 Å². The van der Waals surface area contributed by atoms with Crippen LogP contribution in [-0.2, 0) is 0 Å². The number of hydrogen-bond donors (Lipinski definition) is 1. The Hall–Kier alpha value is -1.09. The molecule has 1 N–H and O–H groups in total. The van der Waals surface area contributed by atoms with Crippen molar-refractivity contribution in [2.24, 2.45) is 0 Å². The van der Waals surface area contributed by atoms with Gasteiger partial charge in [0.05, 0.1) is 5.54 Å². The molecule has 1 amide bonds. The van der Waals surface area contributed by atoms with Crippen LogP contribution < -0.4 is 5.32 Å². The van der Waals surface area contributed by atoms with E-state index in [1.165, 1.54) is 0 Å². The zero-order chi connectivity index (χ0) is 11.3. The minimum absolute atomic E-state index is 0.109. The van der Waals surface area contributed by atoms with Crippen LogP contribution >= 0.6 is 11.6 Å². The third-order valence-corrected chi connectivity index (χ3v) is 3.02. The van der Waals surface area contributed by atoms with E-state index in [1.54, 1.807) is 24.5 Å². The summed E-state index contributed by atoms with van der Waals surface area (Å²) in [5.41, 5.74) is 0.261. The first-order valence-electron chi connectivity index (χ1n) is 4.90. The Kier molecular flexibility index (Phi) is 4.09. The lowest BCUT2D eigenvalue weighted by molar-refractivity contribution is 0.0912. The highest BCUT2D eigenvalue weighted by Crippen LogP contribution is 2.12. The fraction of sp³-hybridized carbons (Fsp3) is 0.455. The maximum atomic E-state index is 11.8. The van der Waals surface area contributed by atoms with Gasteiger partial charge in [-0.15, -0.1) is 11.6 Å². The molecule has 1 aromatic heterocycles. The lowest BCUT2D eigenvalue weighted by atomic mass is 10.0. The van der Waals surface area contributed by atoms with Crippen LogP contribution in [-0.4, -0.2) is 22.3 Å². The van der Waals surface area contributed by atoms with Gasteiger partial charge in [0, 0.05) is 23.8 Å². The Morgan fingerprint density at radius 2 is 2.13 bits per heavy atom. The molecule has 4 heteroatoms. The van der Waals surface area contributed by atoms with Crippen molar-refractivity contribution in [2.75, 3.05) is 5.88 Å². The largest absolute Gasteiger partial charge is 0.346 e. The molecule has 0 fully saturated rings. The average molecular weight is 227 g/mol. The van der Waals surface area contributed by atoms with Crippen molar-refractivity contribution in [3.05, 3.63) is 30.1 Å². The Morgan fingerprint density at radius 3 is 2.60 bits per heavy atom. The number of carbonyl (C=O) groups excluding carboxylic acids is 1. The zero-order valence-electron chi connectivity index (χ0n) is 8.96. The van der Waals surface area contributed by atoms with E-state index in [4.69, 9.17) is 11.6 Å². The molecule has 0 aliphatic carbocycles. The molecule has 1 aromatic rings. The molecule has 1 heterocycles. The zero-order valence-corrected chi connectivity index (χ0v) is 9.71. The minimum Gasteiger partial charge on any atom is -0.346 e. The van der Waals surface area contributed by atoms with E-state index < -0.39 is 0 Å². The van der Waals surface area contributed by atoms with Crippen molar-refractivity contribution in [1.29, 1.82) is 0 Å². The van der Waals surface area contributed by atoms with Crippen LogP contribution in [0.1, 0.15) is 30.6 Å². The van der Waals surface area contributed by atoms with Gasteiger partial charge in [-0.3, -0.25) is 9.78 Å². The topological polar surface area (TPSA) is 42.0 Å². The van der Waals surface area contributed by atoms with Crippen LogP contribution in [0.25, 0.3) is 0 Å². The third-order valence-electron chi connectivity index (χ3n) is 2.43. The summed E-state index contributed by atoms with van der Waals surface area (Å²) in [4.78, 5) is 15.6. The average Bonchev–Trinajstić information content (AvgIpc) is 2.30. The third kappa shape index (κ3) is 3.20. The summed E-state index contributed by atoms with van der Waals surface area (Å²) in [6.07, 6.45) is 3.99. The molecule has 0 saturated carbocycles. The number of hydrogen-bond acceptors (Lipinski definition) is 2. The standard InChI is InChI=1S/C11H15ClN2O/c1-3-11(2,8-12)14-10(15)9-4-6-13-7-5-9/h4-7H,3,8H2,1-2H3,(H,14,15). The number of amides is 1. The fourth-order valence-corrected chi connectivity index (χ4v) is 1.32. The van der Waals surface area contributed by atoms with E-state index in [2.05, 4.69) is 10.3 Å². The molecule has 1 rings (SSSR count). The van der Waals surface area contributed by atoms with Crippen LogP contribution in [0, 0.1) is 0 Å². The molecule has 0 aliphatic heterocycles. The Balaban J connectivity index is 2.72. The van der Waals surface area contributed by atoms with Crippen molar-refractivity contribution in [1.82, 2.24) is 10.3 Å². The summed E-state index contributed by atoms with van der Waals surface area (Å²) < 4.78 is 0. The second kappa shape index (κ2) is 5.12. The maximum absolute atomic E-state index is 11.8. The summed E-state index contributed by atoms with van der Waals surface area (Å²) in [7, 11) is 0. The van der Waals surface area contributed by atoms with Gasteiger partial charge in [-0.25, -0.2) is 0 Å². The molecule has 0 spiro atoms. The molecule has 0 saturated heterocycles. The van der Waals surface area contributed by atoms with Gasteiger partial charge in [0.1, 0.15) is 0 Å². The summed E-state index contributed by atoms with van der Waals surface area (Å²) >= 11 is 5.81. The molecule has 82 valence electrons. The normalized spacial score (nSPS) is 14.3. The van der Waals surface area contributed by atoms with Gasteiger partial charge in [-0.05, 0) is 25.5 Å². The van der Waals surface area contributed by atoms with E-state index >= 15 is 0 Å². The summed E-state index contributed by atoms with van der Waals surface area (Å²) in [6, 6.07) is 3.36. The predicted molar refractivity (Wildman–Crippen MR) is 61.1 cm³/mol. The molecular weight excluding hydrogens is 212 g/mol. The fourth-order valence-electron chi connectivity index (χ4n) is 1.07. The van der Waals surface area contributed by atoms with Crippen LogP contribution in [0.15, 0.2) is 24.5 Å². The maximum Gasteiger partial charge on any atom is 0.251 e. The van der Waals surface area contributed by atoms with Gasteiger partial charge < -0.3 is 5.32 Å². The molecule has 3 nitrogen and oxygen atoms in total. The highest BCUT2D eigenvalue weighted by Gasteiger charge is 2.23. The van der Waals surface area contributed by atoms with Crippen molar-refractivity contribution < 1.29 is 4.79 Å². The number of halogens is 1. The van der Waals surface area contributed by atoms with E-state index in [9.17, 15) is 4.79 Å². The van der Waals surface area contributed by atoms with Crippen LogP contribution in [0.2, 0.25) is 0 Å². The predicted octanol–water partition coefficient (Wildman–Crippen LogP) is 2.22. The van der Waals surface area contributed by atoms with Crippen molar-refractivity contribution in [2.45, 2.75) is 25.8 Å². The molecular formula is C11H15ClN2O. The molecule has 15 heavy (non-hydrogen) atoms. The Morgan fingerprint density at radius 1 is 1.53 bits per heavy atom. The highest BCUT2D eigenvalue weighted by atomic mass is 35.5. The van der Waals surface area contributed by atoms with Crippen LogP contribution in [0.5, 0.6) is 0 Å². The Labute approximate surface area is 94.9 Å². The van der Waals surface area contributed by atoms with Crippen LogP contribution in [0.4, 0.5) is 0 Å². The van der Waals surface area contributed by atoms with Crippen molar-refractivity contribution >= 4 is 17.5 Å². The van der Waals surface area contributed by atoms with E-state index in [-0.39, 0.29) is 11.4 Å². The number of rotatable bonds is 4. The lowest BCUT2D eigenvalue weighted by Crippen LogP contribution is -2.47. The monoisotopic (exact) mass is 226 g/mol. The molecule has 0 aliphatic rings. The van der Waals surface area contributed by atoms with E-state index in [1.807, 2.05) is 13.8 Å². The number of nitrogens with zero attached hydrogens (tertiary/aromatic N) is 1.